The number of halogens is 1. The van der Waals surface area contributed by atoms with Crippen molar-refractivity contribution in [2.45, 2.75) is 39.3 Å². The van der Waals surface area contributed by atoms with Crippen LogP contribution in [0.3, 0.4) is 0 Å². The molecule has 1 fully saturated rings. The number of rotatable bonds is 3. The van der Waals surface area contributed by atoms with E-state index in [0.29, 0.717) is 13.1 Å². The Labute approximate surface area is 148 Å². The van der Waals surface area contributed by atoms with Crippen LogP contribution in [-0.4, -0.2) is 54.6 Å². The molecule has 0 aromatic heterocycles. The predicted molar refractivity (Wildman–Crippen MR) is 96.1 cm³/mol. The molecule has 1 aromatic carbocycles. The van der Waals surface area contributed by atoms with Gasteiger partial charge in [0.2, 0.25) is 5.91 Å². The summed E-state index contributed by atoms with van der Waals surface area (Å²) < 4.78 is 13.0. The van der Waals surface area contributed by atoms with Gasteiger partial charge in [-0.15, -0.1) is 0 Å². The third-order valence-corrected chi connectivity index (χ3v) is 4.16. The minimum absolute atomic E-state index is 0.249. The summed E-state index contributed by atoms with van der Waals surface area (Å²) in [5.74, 6) is -0.557. The maximum atomic E-state index is 13.0. The topological polar surface area (TPSA) is 64.7 Å². The van der Waals surface area contributed by atoms with Crippen molar-refractivity contribution < 1.29 is 14.0 Å². The van der Waals surface area contributed by atoms with Crippen LogP contribution in [0.2, 0.25) is 0 Å². The highest BCUT2D eigenvalue weighted by Crippen LogP contribution is 2.17. The third-order valence-electron chi connectivity index (χ3n) is 4.16. The largest absolute Gasteiger partial charge is 0.369 e. The van der Waals surface area contributed by atoms with E-state index in [1.807, 2.05) is 25.7 Å². The Hall–Kier alpha value is -2.15. The van der Waals surface area contributed by atoms with E-state index in [1.165, 1.54) is 12.1 Å². The van der Waals surface area contributed by atoms with Crippen LogP contribution in [0.15, 0.2) is 24.3 Å². The van der Waals surface area contributed by atoms with Gasteiger partial charge in [-0.05, 0) is 52.0 Å². The van der Waals surface area contributed by atoms with Gasteiger partial charge in [0.15, 0.2) is 0 Å². The fourth-order valence-electron chi connectivity index (χ4n) is 2.77. The Morgan fingerprint density at radius 3 is 2.16 bits per heavy atom. The number of nitrogens with one attached hydrogen (secondary N) is 2. The third kappa shape index (κ3) is 5.70. The monoisotopic (exact) mass is 350 g/mol. The van der Waals surface area contributed by atoms with Crippen molar-refractivity contribution in [1.82, 2.24) is 15.5 Å². The van der Waals surface area contributed by atoms with E-state index in [-0.39, 0.29) is 17.8 Å². The second-order valence-corrected chi connectivity index (χ2v) is 7.37. The summed E-state index contributed by atoms with van der Waals surface area (Å²) in [6, 6.07) is 5.56. The molecule has 7 heteroatoms. The van der Waals surface area contributed by atoms with Crippen molar-refractivity contribution in [3.05, 3.63) is 30.1 Å². The molecule has 1 aliphatic heterocycles. The van der Waals surface area contributed by atoms with E-state index in [2.05, 4.69) is 15.5 Å². The van der Waals surface area contributed by atoms with Gasteiger partial charge in [-0.1, -0.05) is 0 Å². The fraction of sp³-hybridized carbons (Fsp3) is 0.556. The first-order chi connectivity index (χ1) is 11.7. The lowest BCUT2D eigenvalue weighted by Crippen LogP contribution is -2.56. The molecule has 1 heterocycles. The van der Waals surface area contributed by atoms with Gasteiger partial charge in [0, 0.05) is 37.4 Å². The molecular weight excluding hydrogens is 323 g/mol. The molecule has 1 aromatic rings. The number of imide groups is 1. The zero-order valence-electron chi connectivity index (χ0n) is 15.3. The van der Waals surface area contributed by atoms with Crippen molar-refractivity contribution in [2.24, 2.45) is 0 Å². The zero-order valence-corrected chi connectivity index (χ0v) is 15.3. The summed E-state index contributed by atoms with van der Waals surface area (Å²) >= 11 is 0. The number of hydrogen-bond acceptors (Lipinski definition) is 4. The summed E-state index contributed by atoms with van der Waals surface area (Å²) in [5.41, 5.74) is 0.580. The van der Waals surface area contributed by atoms with E-state index in [9.17, 15) is 14.0 Å². The predicted octanol–water partition coefficient (Wildman–Crippen LogP) is 1.96. The van der Waals surface area contributed by atoms with Crippen molar-refractivity contribution in [2.75, 3.05) is 31.1 Å². The van der Waals surface area contributed by atoms with E-state index in [0.717, 1.165) is 18.8 Å². The summed E-state index contributed by atoms with van der Waals surface area (Å²) in [6.07, 6.45) is 0. The van der Waals surface area contributed by atoms with Crippen LogP contribution in [0.25, 0.3) is 0 Å². The number of nitrogens with zero attached hydrogens (tertiary/aromatic N) is 2. The first kappa shape index (κ1) is 19.2. The average molecular weight is 350 g/mol. The molecule has 0 radical (unpaired) electrons. The van der Waals surface area contributed by atoms with Crippen LogP contribution >= 0.6 is 0 Å². The molecule has 0 aliphatic carbocycles. The van der Waals surface area contributed by atoms with Gasteiger partial charge in [-0.3, -0.25) is 15.0 Å². The molecule has 3 amide bonds. The minimum Gasteiger partial charge on any atom is -0.369 e. The van der Waals surface area contributed by atoms with Crippen LogP contribution in [0.5, 0.6) is 0 Å². The lowest BCUT2D eigenvalue weighted by atomic mass is 10.1. The second-order valence-electron chi connectivity index (χ2n) is 7.37. The molecule has 1 aliphatic rings. The van der Waals surface area contributed by atoms with Gasteiger partial charge < -0.3 is 10.2 Å². The minimum atomic E-state index is -0.478. The Kier molecular flexibility index (Phi) is 6.00. The molecule has 0 saturated carbocycles. The Morgan fingerprint density at radius 2 is 1.64 bits per heavy atom. The zero-order chi connectivity index (χ0) is 18.6. The van der Waals surface area contributed by atoms with Crippen LogP contribution in [0.1, 0.15) is 27.7 Å². The number of hydrogen-bond donors (Lipinski definition) is 2. The number of anilines is 1. The second kappa shape index (κ2) is 7.82. The maximum absolute atomic E-state index is 13.0. The molecule has 1 atom stereocenters. The highest BCUT2D eigenvalue weighted by molar-refractivity contribution is 5.97. The van der Waals surface area contributed by atoms with Gasteiger partial charge >= 0.3 is 6.03 Å². The van der Waals surface area contributed by atoms with Crippen LogP contribution in [-0.2, 0) is 4.79 Å². The molecule has 1 unspecified atom stereocenters. The average Bonchev–Trinajstić information content (AvgIpc) is 2.53. The summed E-state index contributed by atoms with van der Waals surface area (Å²) in [5, 5.41) is 5.11. The standard InChI is InChI=1S/C18H27FN4O2/c1-13(16(24)20-17(25)21-18(2,3)4)22-9-11-23(12-10-22)15-7-5-14(19)6-8-15/h5-8,13H,9-12H2,1-4H3,(H2,20,21,24,25). The van der Waals surface area contributed by atoms with Gasteiger partial charge in [0.25, 0.3) is 0 Å². The molecule has 25 heavy (non-hydrogen) atoms. The van der Waals surface area contributed by atoms with Crippen molar-refractivity contribution in [3.63, 3.8) is 0 Å². The number of amides is 3. The normalized spacial score (nSPS) is 17.1. The van der Waals surface area contributed by atoms with Gasteiger partial charge in [0.05, 0.1) is 6.04 Å². The Morgan fingerprint density at radius 1 is 1.08 bits per heavy atom. The molecule has 0 bridgehead atoms. The molecule has 0 spiro atoms. The molecule has 138 valence electrons. The van der Waals surface area contributed by atoms with Crippen molar-refractivity contribution >= 4 is 17.6 Å². The van der Waals surface area contributed by atoms with Crippen molar-refractivity contribution in [1.29, 1.82) is 0 Å². The van der Waals surface area contributed by atoms with Gasteiger partial charge in [-0.25, -0.2) is 9.18 Å². The Bertz CT molecular complexity index is 604. The first-order valence-corrected chi connectivity index (χ1v) is 8.53. The Balaban J connectivity index is 1.84. The highest BCUT2D eigenvalue weighted by Gasteiger charge is 2.27. The van der Waals surface area contributed by atoms with E-state index >= 15 is 0 Å². The summed E-state index contributed by atoms with van der Waals surface area (Å²) in [6.45, 7) is 10.3. The summed E-state index contributed by atoms with van der Waals surface area (Å²) in [7, 11) is 0. The summed E-state index contributed by atoms with van der Waals surface area (Å²) in [4.78, 5) is 28.3. The molecule has 1 saturated heterocycles. The van der Waals surface area contributed by atoms with Crippen LogP contribution < -0.4 is 15.5 Å². The number of urea groups is 1. The number of carbonyl (C=O) groups is 2. The smallest absolute Gasteiger partial charge is 0.321 e. The molecular formula is C18H27FN4O2. The van der Waals surface area contributed by atoms with E-state index in [1.54, 1.807) is 19.1 Å². The highest BCUT2D eigenvalue weighted by atomic mass is 19.1. The number of carbonyl (C=O) groups excluding carboxylic acids is 2. The SMILES string of the molecule is CC(C(=O)NC(=O)NC(C)(C)C)N1CCN(c2ccc(F)cc2)CC1. The molecule has 6 nitrogen and oxygen atoms in total. The van der Waals surface area contributed by atoms with Gasteiger partial charge in [-0.2, -0.15) is 0 Å². The number of benzene rings is 1. The lowest BCUT2D eigenvalue weighted by molar-refractivity contribution is -0.124. The van der Waals surface area contributed by atoms with Crippen molar-refractivity contribution in [3.8, 4) is 0 Å². The van der Waals surface area contributed by atoms with E-state index < -0.39 is 11.6 Å². The quantitative estimate of drug-likeness (QED) is 0.875. The van der Waals surface area contributed by atoms with Gasteiger partial charge in [0.1, 0.15) is 5.82 Å². The van der Waals surface area contributed by atoms with E-state index in [4.69, 9.17) is 0 Å². The van der Waals surface area contributed by atoms with Crippen LogP contribution in [0.4, 0.5) is 14.9 Å². The number of piperazine rings is 1. The van der Waals surface area contributed by atoms with Crippen LogP contribution in [0, 0.1) is 5.82 Å². The fourth-order valence-corrected chi connectivity index (χ4v) is 2.77. The molecule has 2 rings (SSSR count). The first-order valence-electron chi connectivity index (χ1n) is 8.53. The lowest BCUT2D eigenvalue weighted by Gasteiger charge is -2.38. The maximum Gasteiger partial charge on any atom is 0.321 e. The molecule has 2 N–H and O–H groups in total.